The molecule has 0 spiro atoms. The normalized spacial score (nSPS) is 10.4. The third kappa shape index (κ3) is 4.12. The van der Waals surface area contributed by atoms with Gasteiger partial charge in [0.05, 0.1) is 5.69 Å². The summed E-state index contributed by atoms with van der Waals surface area (Å²) < 4.78 is 13.0. The Kier molecular flexibility index (Phi) is 5.09. The zero-order chi connectivity index (χ0) is 18.7. The second kappa shape index (κ2) is 7.45. The quantitative estimate of drug-likeness (QED) is 0.635. The van der Waals surface area contributed by atoms with E-state index in [0.29, 0.717) is 32.6 Å². The number of hydrogen-bond acceptors (Lipinski definition) is 5. The van der Waals surface area contributed by atoms with Crippen LogP contribution in [0.2, 0.25) is 0 Å². The number of carbonyl (C=O) groups is 2. The van der Waals surface area contributed by atoms with E-state index in [1.54, 1.807) is 43.3 Å². The zero-order valence-electron chi connectivity index (χ0n) is 14.2. The van der Waals surface area contributed by atoms with Crippen LogP contribution in [0.25, 0.3) is 0 Å². The Morgan fingerprint density at radius 3 is 2.50 bits per heavy atom. The first-order valence-electron chi connectivity index (χ1n) is 7.85. The van der Waals surface area contributed by atoms with Crippen LogP contribution < -0.4 is 10.6 Å². The predicted molar refractivity (Wildman–Crippen MR) is 101 cm³/mol. The van der Waals surface area contributed by atoms with Gasteiger partial charge in [0.2, 0.25) is 0 Å². The number of carbonyl (C=O) groups excluding carboxylic acids is 2. The molecule has 3 aromatic rings. The number of amides is 1. The van der Waals surface area contributed by atoms with Crippen LogP contribution in [0.15, 0.2) is 48.5 Å². The minimum absolute atomic E-state index is 0.0687. The lowest BCUT2D eigenvalue weighted by Gasteiger charge is -2.05. The molecule has 1 amide bonds. The molecule has 0 atom stereocenters. The molecule has 0 unspecified atom stereocenters. The summed E-state index contributed by atoms with van der Waals surface area (Å²) in [5.74, 6) is -0.688. The predicted octanol–water partition coefficient (Wildman–Crippen LogP) is 4.79. The molecule has 2 aromatic carbocycles. The molecule has 1 heterocycles. The van der Waals surface area contributed by atoms with Gasteiger partial charge < -0.3 is 10.6 Å². The number of benzene rings is 2. The van der Waals surface area contributed by atoms with Gasteiger partial charge in [0.15, 0.2) is 10.9 Å². The number of rotatable bonds is 5. The molecule has 1 aromatic heterocycles. The van der Waals surface area contributed by atoms with Crippen molar-refractivity contribution in [2.75, 3.05) is 10.6 Å². The fraction of sp³-hybridized carbons (Fsp3) is 0.105. The average molecular weight is 369 g/mol. The minimum atomic E-state index is -0.321. The molecule has 0 aliphatic carbocycles. The molecule has 7 heteroatoms. The Bertz CT molecular complexity index is 967. The van der Waals surface area contributed by atoms with Gasteiger partial charge in [0, 0.05) is 16.9 Å². The molecule has 0 saturated heterocycles. The van der Waals surface area contributed by atoms with Gasteiger partial charge in [-0.3, -0.25) is 9.59 Å². The molecule has 0 bridgehead atoms. The van der Waals surface area contributed by atoms with Crippen LogP contribution in [0.1, 0.15) is 32.6 Å². The molecule has 0 aliphatic heterocycles. The highest BCUT2D eigenvalue weighted by Gasteiger charge is 2.16. The largest absolute Gasteiger partial charge is 0.332 e. The molecule has 132 valence electrons. The molecule has 0 radical (unpaired) electrons. The zero-order valence-corrected chi connectivity index (χ0v) is 15.0. The maximum Gasteiger partial charge on any atom is 0.267 e. The average Bonchev–Trinajstić information content (AvgIpc) is 2.97. The molecule has 3 rings (SSSR count). The summed E-state index contributed by atoms with van der Waals surface area (Å²) in [6.07, 6.45) is 0. The van der Waals surface area contributed by atoms with Crippen LogP contribution in [0, 0.1) is 12.7 Å². The van der Waals surface area contributed by atoms with Crippen molar-refractivity contribution in [3.05, 3.63) is 70.5 Å². The van der Waals surface area contributed by atoms with Crippen molar-refractivity contribution >= 4 is 39.5 Å². The van der Waals surface area contributed by atoms with Crippen molar-refractivity contribution < 1.29 is 14.0 Å². The second-order valence-corrected chi connectivity index (χ2v) is 6.66. The van der Waals surface area contributed by atoms with Crippen molar-refractivity contribution in [2.45, 2.75) is 13.8 Å². The molecule has 0 fully saturated rings. The third-order valence-corrected chi connectivity index (χ3v) is 4.70. The van der Waals surface area contributed by atoms with Crippen LogP contribution in [-0.4, -0.2) is 16.7 Å². The first kappa shape index (κ1) is 17.8. The van der Waals surface area contributed by atoms with Gasteiger partial charge in [0.25, 0.3) is 5.91 Å². The lowest BCUT2D eigenvalue weighted by atomic mass is 10.1. The number of nitrogens with zero attached hydrogens (tertiary/aromatic N) is 1. The number of Topliss-reactive ketones (excluding diaryl/α,β-unsaturated/α-hetero) is 1. The number of halogens is 1. The van der Waals surface area contributed by atoms with E-state index in [1.165, 1.54) is 30.4 Å². The van der Waals surface area contributed by atoms with Crippen LogP contribution >= 0.6 is 11.3 Å². The Morgan fingerprint density at radius 1 is 1.08 bits per heavy atom. The smallest absolute Gasteiger partial charge is 0.267 e. The Labute approximate surface area is 153 Å². The van der Waals surface area contributed by atoms with Crippen LogP contribution in [0.5, 0.6) is 0 Å². The summed E-state index contributed by atoms with van der Waals surface area (Å²) in [6.45, 7) is 3.22. The maximum atomic E-state index is 13.0. The number of anilines is 3. The summed E-state index contributed by atoms with van der Waals surface area (Å²) >= 11 is 1.20. The van der Waals surface area contributed by atoms with Crippen molar-refractivity contribution in [1.29, 1.82) is 0 Å². The van der Waals surface area contributed by atoms with Crippen LogP contribution in [0.4, 0.5) is 20.9 Å². The van der Waals surface area contributed by atoms with Crippen molar-refractivity contribution in [3.63, 3.8) is 0 Å². The summed E-state index contributed by atoms with van der Waals surface area (Å²) in [5, 5.41) is 6.37. The summed E-state index contributed by atoms with van der Waals surface area (Å²) in [6, 6.07) is 12.6. The van der Waals surface area contributed by atoms with Crippen LogP contribution in [-0.2, 0) is 0 Å². The Hall–Kier alpha value is -3.06. The van der Waals surface area contributed by atoms with Gasteiger partial charge >= 0.3 is 0 Å². The van der Waals surface area contributed by atoms with Gasteiger partial charge in [-0.2, -0.15) is 0 Å². The number of ketones is 1. The van der Waals surface area contributed by atoms with E-state index in [9.17, 15) is 14.0 Å². The van der Waals surface area contributed by atoms with Gasteiger partial charge in [-0.25, -0.2) is 9.37 Å². The van der Waals surface area contributed by atoms with E-state index >= 15 is 0 Å². The van der Waals surface area contributed by atoms with Crippen molar-refractivity contribution in [1.82, 2.24) is 4.98 Å². The van der Waals surface area contributed by atoms with Gasteiger partial charge in [0.1, 0.15) is 10.7 Å². The number of nitrogens with one attached hydrogen (secondary N) is 2. The number of aromatic nitrogens is 1. The summed E-state index contributed by atoms with van der Waals surface area (Å²) in [4.78, 5) is 28.8. The fourth-order valence-electron chi connectivity index (χ4n) is 2.32. The van der Waals surface area contributed by atoms with E-state index in [1.807, 2.05) is 0 Å². The van der Waals surface area contributed by atoms with E-state index in [-0.39, 0.29) is 17.5 Å². The van der Waals surface area contributed by atoms with E-state index in [4.69, 9.17) is 0 Å². The third-order valence-electron chi connectivity index (χ3n) is 3.63. The maximum absolute atomic E-state index is 13.0. The molecule has 0 saturated carbocycles. The molecule has 0 aliphatic rings. The highest BCUT2D eigenvalue weighted by atomic mass is 32.1. The lowest BCUT2D eigenvalue weighted by Crippen LogP contribution is -2.11. The fourth-order valence-corrected chi connectivity index (χ4v) is 3.20. The molecule has 2 N–H and O–H groups in total. The van der Waals surface area contributed by atoms with Crippen molar-refractivity contribution in [2.24, 2.45) is 0 Å². The minimum Gasteiger partial charge on any atom is -0.332 e. The molecular formula is C19H16FN3O2S. The Morgan fingerprint density at radius 2 is 1.81 bits per heavy atom. The summed E-state index contributed by atoms with van der Waals surface area (Å²) in [5.41, 5.74) is 2.34. The first-order valence-corrected chi connectivity index (χ1v) is 8.66. The van der Waals surface area contributed by atoms with Gasteiger partial charge in [-0.1, -0.05) is 23.5 Å². The van der Waals surface area contributed by atoms with E-state index < -0.39 is 0 Å². The number of thiazole rings is 1. The van der Waals surface area contributed by atoms with E-state index in [0.717, 1.165) is 0 Å². The summed E-state index contributed by atoms with van der Waals surface area (Å²) in [7, 11) is 0. The number of aryl methyl sites for hydroxylation is 1. The second-order valence-electron chi connectivity index (χ2n) is 5.66. The van der Waals surface area contributed by atoms with Crippen LogP contribution in [0.3, 0.4) is 0 Å². The van der Waals surface area contributed by atoms with Gasteiger partial charge in [-0.05, 0) is 50.2 Å². The standard InChI is InChI=1S/C19H16FN3O2S/c1-11-17(18(25)22-16-5-3-4-13(10-16)12(2)24)26-19(21-11)23-15-8-6-14(20)7-9-15/h3-10H,1-2H3,(H,21,23)(H,22,25). The van der Waals surface area contributed by atoms with E-state index in [2.05, 4.69) is 15.6 Å². The molecular weight excluding hydrogens is 353 g/mol. The number of hydrogen-bond donors (Lipinski definition) is 2. The Balaban J connectivity index is 1.75. The molecule has 26 heavy (non-hydrogen) atoms. The molecule has 5 nitrogen and oxygen atoms in total. The lowest BCUT2D eigenvalue weighted by molar-refractivity contribution is 0.101. The highest BCUT2D eigenvalue weighted by Crippen LogP contribution is 2.27. The monoisotopic (exact) mass is 369 g/mol. The first-order chi connectivity index (χ1) is 12.4. The topological polar surface area (TPSA) is 71.1 Å². The highest BCUT2D eigenvalue weighted by molar-refractivity contribution is 7.17. The van der Waals surface area contributed by atoms with Gasteiger partial charge in [-0.15, -0.1) is 0 Å². The van der Waals surface area contributed by atoms with Crippen molar-refractivity contribution in [3.8, 4) is 0 Å². The SMILES string of the molecule is CC(=O)c1cccc(NC(=O)c2sc(Nc3ccc(F)cc3)nc2C)c1.